The van der Waals surface area contributed by atoms with Crippen molar-refractivity contribution in [3.05, 3.63) is 0 Å². The zero-order chi connectivity index (χ0) is 10.6. The third-order valence-electron chi connectivity index (χ3n) is 3.72. The molecule has 0 bridgehead atoms. The summed E-state index contributed by atoms with van der Waals surface area (Å²) in [6.45, 7) is 8.65. The lowest BCUT2D eigenvalue weighted by atomic mass is 9.88. The molecular formula is C12H26N2. The third-order valence-corrected chi connectivity index (χ3v) is 3.72. The summed E-state index contributed by atoms with van der Waals surface area (Å²) in [5, 5.41) is 3.65. The Morgan fingerprint density at radius 1 is 1.43 bits per heavy atom. The first-order valence-corrected chi connectivity index (χ1v) is 6.08. The van der Waals surface area contributed by atoms with Crippen LogP contribution in [0.1, 0.15) is 46.5 Å². The normalized spacial score (nSPS) is 30.0. The highest BCUT2D eigenvalue weighted by Gasteiger charge is 2.36. The van der Waals surface area contributed by atoms with Gasteiger partial charge in [-0.25, -0.2) is 0 Å². The van der Waals surface area contributed by atoms with Crippen molar-refractivity contribution in [1.82, 2.24) is 5.32 Å². The molecule has 2 nitrogen and oxygen atoms in total. The van der Waals surface area contributed by atoms with E-state index in [9.17, 15) is 0 Å². The van der Waals surface area contributed by atoms with Gasteiger partial charge in [-0.3, -0.25) is 0 Å². The minimum Gasteiger partial charge on any atom is -0.330 e. The van der Waals surface area contributed by atoms with Gasteiger partial charge in [0.25, 0.3) is 0 Å². The smallest absolute Gasteiger partial charge is 0.00993 e. The summed E-state index contributed by atoms with van der Waals surface area (Å²) in [6, 6.07) is 0.798. The summed E-state index contributed by atoms with van der Waals surface area (Å²) in [5.74, 6) is 0.957. The largest absolute Gasteiger partial charge is 0.330 e. The molecule has 1 aliphatic rings. The van der Waals surface area contributed by atoms with E-state index in [2.05, 4.69) is 26.1 Å². The molecule has 0 spiro atoms. The van der Waals surface area contributed by atoms with Crippen LogP contribution in [0.2, 0.25) is 0 Å². The van der Waals surface area contributed by atoms with E-state index in [-0.39, 0.29) is 0 Å². The molecule has 0 heterocycles. The molecule has 0 aromatic carbocycles. The molecule has 14 heavy (non-hydrogen) atoms. The third kappa shape index (κ3) is 3.25. The van der Waals surface area contributed by atoms with Gasteiger partial charge in [0.05, 0.1) is 0 Å². The summed E-state index contributed by atoms with van der Waals surface area (Å²) in [6.07, 6.45) is 5.27. The maximum atomic E-state index is 5.78. The molecule has 0 aromatic heterocycles. The molecule has 0 amide bonds. The van der Waals surface area contributed by atoms with Gasteiger partial charge in [-0.05, 0) is 37.1 Å². The molecule has 3 unspecified atom stereocenters. The van der Waals surface area contributed by atoms with Gasteiger partial charge < -0.3 is 11.1 Å². The van der Waals surface area contributed by atoms with E-state index < -0.39 is 0 Å². The van der Waals surface area contributed by atoms with Crippen LogP contribution < -0.4 is 11.1 Å². The molecule has 1 aliphatic carbocycles. The molecular weight excluding hydrogens is 172 g/mol. The fourth-order valence-electron chi connectivity index (χ4n) is 1.91. The summed E-state index contributed by atoms with van der Waals surface area (Å²) < 4.78 is 0. The predicted molar refractivity (Wildman–Crippen MR) is 62.3 cm³/mol. The lowest BCUT2D eigenvalue weighted by Crippen LogP contribution is -2.38. The average molecular weight is 198 g/mol. The fraction of sp³-hybridized carbons (Fsp3) is 1.00. The van der Waals surface area contributed by atoms with Crippen molar-refractivity contribution in [3.63, 3.8) is 0 Å². The van der Waals surface area contributed by atoms with E-state index in [1.165, 1.54) is 25.7 Å². The monoisotopic (exact) mass is 198 g/mol. The van der Waals surface area contributed by atoms with Crippen LogP contribution in [0.5, 0.6) is 0 Å². The van der Waals surface area contributed by atoms with Crippen molar-refractivity contribution >= 4 is 0 Å². The molecule has 0 aliphatic heterocycles. The minimum atomic E-state index is 0.305. The van der Waals surface area contributed by atoms with E-state index in [0.29, 0.717) is 5.41 Å². The maximum Gasteiger partial charge on any atom is 0.00993 e. The average Bonchev–Trinajstić information content (AvgIpc) is 2.94. The Bertz CT molecular complexity index is 164. The second-order valence-corrected chi connectivity index (χ2v) is 5.14. The maximum absolute atomic E-state index is 5.78. The molecule has 0 saturated heterocycles. The SMILES string of the molecule is CCCC1CC1NCC(C)(CC)CN. The molecule has 1 fully saturated rings. The standard InChI is InChI=1S/C12H26N2/c1-4-6-10-7-11(10)14-9-12(3,5-2)8-13/h10-11,14H,4-9,13H2,1-3H3. The van der Waals surface area contributed by atoms with Gasteiger partial charge in [0.2, 0.25) is 0 Å². The van der Waals surface area contributed by atoms with Gasteiger partial charge in [-0.2, -0.15) is 0 Å². The first kappa shape index (κ1) is 12.0. The molecule has 3 atom stereocenters. The van der Waals surface area contributed by atoms with Gasteiger partial charge in [0.15, 0.2) is 0 Å². The van der Waals surface area contributed by atoms with E-state index in [0.717, 1.165) is 25.0 Å². The van der Waals surface area contributed by atoms with E-state index in [1.54, 1.807) is 0 Å². The quantitative estimate of drug-likeness (QED) is 0.658. The van der Waals surface area contributed by atoms with Gasteiger partial charge in [-0.15, -0.1) is 0 Å². The highest BCUT2D eigenvalue weighted by atomic mass is 15.0. The van der Waals surface area contributed by atoms with Crippen LogP contribution in [-0.4, -0.2) is 19.1 Å². The fourth-order valence-corrected chi connectivity index (χ4v) is 1.91. The van der Waals surface area contributed by atoms with Crippen LogP contribution in [-0.2, 0) is 0 Å². The predicted octanol–water partition coefficient (Wildman–Crippen LogP) is 2.14. The highest BCUT2D eigenvalue weighted by Crippen LogP contribution is 2.35. The van der Waals surface area contributed by atoms with Crippen molar-refractivity contribution in [2.24, 2.45) is 17.1 Å². The van der Waals surface area contributed by atoms with Gasteiger partial charge >= 0.3 is 0 Å². The van der Waals surface area contributed by atoms with Crippen LogP contribution >= 0.6 is 0 Å². The topological polar surface area (TPSA) is 38.0 Å². The Morgan fingerprint density at radius 2 is 2.14 bits per heavy atom. The zero-order valence-corrected chi connectivity index (χ0v) is 9.97. The lowest BCUT2D eigenvalue weighted by Gasteiger charge is -2.26. The minimum absolute atomic E-state index is 0.305. The summed E-state index contributed by atoms with van der Waals surface area (Å²) in [7, 11) is 0. The Kier molecular flexibility index (Phi) is 4.39. The van der Waals surface area contributed by atoms with Crippen molar-refractivity contribution in [2.75, 3.05) is 13.1 Å². The Hall–Kier alpha value is -0.0800. The molecule has 0 radical (unpaired) electrons. The number of nitrogens with two attached hydrogens (primary N) is 1. The molecule has 1 saturated carbocycles. The van der Waals surface area contributed by atoms with Crippen molar-refractivity contribution in [1.29, 1.82) is 0 Å². The van der Waals surface area contributed by atoms with E-state index >= 15 is 0 Å². The second-order valence-electron chi connectivity index (χ2n) is 5.14. The summed E-state index contributed by atoms with van der Waals surface area (Å²) in [5.41, 5.74) is 6.08. The molecule has 2 heteroatoms. The summed E-state index contributed by atoms with van der Waals surface area (Å²) in [4.78, 5) is 0. The molecule has 84 valence electrons. The Balaban J connectivity index is 2.15. The van der Waals surface area contributed by atoms with Crippen molar-refractivity contribution < 1.29 is 0 Å². The molecule has 1 rings (SSSR count). The summed E-state index contributed by atoms with van der Waals surface area (Å²) >= 11 is 0. The second kappa shape index (κ2) is 5.13. The highest BCUT2D eigenvalue weighted by molar-refractivity contribution is 4.94. The number of nitrogens with one attached hydrogen (secondary N) is 1. The van der Waals surface area contributed by atoms with Gasteiger partial charge in [0.1, 0.15) is 0 Å². The number of rotatable bonds is 7. The van der Waals surface area contributed by atoms with Crippen LogP contribution in [0.3, 0.4) is 0 Å². The zero-order valence-electron chi connectivity index (χ0n) is 9.97. The van der Waals surface area contributed by atoms with Crippen molar-refractivity contribution in [2.45, 2.75) is 52.5 Å². The van der Waals surface area contributed by atoms with Crippen LogP contribution in [0.4, 0.5) is 0 Å². The molecule has 0 aromatic rings. The van der Waals surface area contributed by atoms with Crippen LogP contribution in [0.25, 0.3) is 0 Å². The van der Waals surface area contributed by atoms with Gasteiger partial charge in [-0.1, -0.05) is 27.2 Å². The van der Waals surface area contributed by atoms with Crippen LogP contribution in [0, 0.1) is 11.3 Å². The number of hydrogen-bond acceptors (Lipinski definition) is 2. The number of hydrogen-bond donors (Lipinski definition) is 2. The molecule has 3 N–H and O–H groups in total. The van der Waals surface area contributed by atoms with Crippen molar-refractivity contribution in [3.8, 4) is 0 Å². The Morgan fingerprint density at radius 3 is 2.64 bits per heavy atom. The van der Waals surface area contributed by atoms with Crippen LogP contribution in [0.15, 0.2) is 0 Å². The first-order valence-electron chi connectivity index (χ1n) is 6.08. The Labute approximate surface area is 88.6 Å². The van der Waals surface area contributed by atoms with E-state index in [4.69, 9.17) is 5.73 Å². The van der Waals surface area contributed by atoms with E-state index in [1.807, 2.05) is 0 Å². The first-order chi connectivity index (χ1) is 6.65. The lowest BCUT2D eigenvalue weighted by molar-refractivity contribution is 0.299. The van der Waals surface area contributed by atoms with Gasteiger partial charge in [0, 0.05) is 12.6 Å².